The third kappa shape index (κ3) is 2.36. The number of piperidine rings is 1. The van der Waals surface area contributed by atoms with Crippen LogP contribution in [0.25, 0.3) is 0 Å². The minimum atomic E-state index is -0.826. The van der Waals surface area contributed by atoms with Gasteiger partial charge in [-0.1, -0.05) is 18.6 Å². The van der Waals surface area contributed by atoms with Crippen molar-refractivity contribution in [2.45, 2.75) is 51.0 Å². The maximum Gasteiger partial charge on any atom is 0.307 e. The number of nitrogens with zero attached hydrogens (tertiary/aromatic N) is 1. The Balaban J connectivity index is 1.76. The molecule has 4 atom stereocenters. The average Bonchev–Trinajstić information content (AvgIpc) is 2.94. The Hall–Kier alpha value is -1.32. The Morgan fingerprint density at radius 1 is 1.00 bits per heavy atom. The first-order valence-electron chi connectivity index (χ1n) is 7.86. The topological polar surface area (TPSA) is 57.6 Å². The number of allylic oxidation sites excluding steroid dienone is 2. The molecule has 110 valence electrons. The van der Waals surface area contributed by atoms with E-state index in [2.05, 4.69) is 0 Å². The molecule has 1 aliphatic heterocycles. The number of fused-ring (bicyclic) bond motifs is 1. The van der Waals surface area contributed by atoms with Crippen LogP contribution in [0.2, 0.25) is 0 Å². The fraction of sp³-hybridized carbons (Fsp3) is 0.750. The van der Waals surface area contributed by atoms with Crippen LogP contribution < -0.4 is 0 Å². The van der Waals surface area contributed by atoms with E-state index < -0.39 is 11.9 Å². The summed E-state index contributed by atoms with van der Waals surface area (Å²) in [6.07, 6.45) is 10.8. The summed E-state index contributed by atoms with van der Waals surface area (Å²) in [5.41, 5.74) is 0. The maximum absolute atomic E-state index is 12.8. The molecule has 4 nitrogen and oxygen atoms in total. The lowest BCUT2D eigenvalue weighted by Gasteiger charge is -2.40. The molecule has 20 heavy (non-hydrogen) atoms. The summed E-state index contributed by atoms with van der Waals surface area (Å²) >= 11 is 0. The Morgan fingerprint density at radius 2 is 1.70 bits per heavy atom. The number of aliphatic carboxylic acids is 1. The van der Waals surface area contributed by atoms with Gasteiger partial charge in [-0.2, -0.15) is 0 Å². The number of carbonyl (C=O) groups is 2. The van der Waals surface area contributed by atoms with Crippen molar-refractivity contribution in [2.75, 3.05) is 6.54 Å². The summed E-state index contributed by atoms with van der Waals surface area (Å²) in [7, 11) is 0. The van der Waals surface area contributed by atoms with E-state index in [0.29, 0.717) is 24.8 Å². The van der Waals surface area contributed by atoms with E-state index in [-0.39, 0.29) is 11.8 Å². The molecule has 0 aromatic rings. The standard InChI is InChI=1S/C16H23NO3/c18-15(12-7-1-2-8-13(12)16(19)20)17-10-4-6-11-5-3-9-14(11)17/h1-2,11-14H,3-10H2,(H,19,20)/t11?,12-,13+,14?/m1/s1. The van der Waals surface area contributed by atoms with Crippen molar-refractivity contribution >= 4 is 11.9 Å². The van der Waals surface area contributed by atoms with Crippen LogP contribution in [0.4, 0.5) is 0 Å². The third-order valence-electron chi connectivity index (χ3n) is 5.34. The molecule has 2 fully saturated rings. The molecule has 3 rings (SSSR count). The molecule has 0 spiro atoms. The van der Waals surface area contributed by atoms with E-state index in [1.165, 1.54) is 19.3 Å². The van der Waals surface area contributed by atoms with Gasteiger partial charge in [0.05, 0.1) is 11.8 Å². The zero-order valence-corrected chi connectivity index (χ0v) is 11.8. The SMILES string of the molecule is O=C(O)[C@H]1CC=CC[C@H]1C(=O)N1CCCC2CCCC21. The highest BCUT2D eigenvalue weighted by atomic mass is 16.4. The van der Waals surface area contributed by atoms with Crippen molar-refractivity contribution in [2.24, 2.45) is 17.8 Å². The number of hydrogen-bond donors (Lipinski definition) is 1. The van der Waals surface area contributed by atoms with E-state index >= 15 is 0 Å². The fourth-order valence-corrected chi connectivity index (χ4v) is 4.30. The second kappa shape index (κ2) is 5.58. The van der Waals surface area contributed by atoms with Crippen LogP contribution in [0, 0.1) is 17.8 Å². The lowest BCUT2D eigenvalue weighted by molar-refractivity contribution is -0.152. The van der Waals surface area contributed by atoms with Gasteiger partial charge in [-0.25, -0.2) is 0 Å². The molecule has 4 heteroatoms. The summed E-state index contributed by atoms with van der Waals surface area (Å²) in [4.78, 5) is 26.2. The van der Waals surface area contributed by atoms with Crippen LogP contribution in [0.1, 0.15) is 44.9 Å². The molecule has 0 radical (unpaired) electrons. The summed E-state index contributed by atoms with van der Waals surface area (Å²) in [5.74, 6) is -0.952. The smallest absolute Gasteiger partial charge is 0.307 e. The molecule has 3 aliphatic rings. The van der Waals surface area contributed by atoms with Crippen molar-refractivity contribution in [3.8, 4) is 0 Å². The predicted molar refractivity (Wildman–Crippen MR) is 75.1 cm³/mol. The Labute approximate surface area is 119 Å². The summed E-state index contributed by atoms with van der Waals surface area (Å²) in [6.45, 7) is 0.826. The van der Waals surface area contributed by atoms with Crippen LogP contribution in [0.3, 0.4) is 0 Å². The van der Waals surface area contributed by atoms with Gasteiger partial charge in [0.1, 0.15) is 0 Å². The molecule has 2 aliphatic carbocycles. The molecular formula is C16H23NO3. The van der Waals surface area contributed by atoms with Gasteiger partial charge in [0.15, 0.2) is 0 Å². The van der Waals surface area contributed by atoms with Crippen molar-refractivity contribution in [3.63, 3.8) is 0 Å². The Morgan fingerprint density at radius 3 is 2.45 bits per heavy atom. The average molecular weight is 277 g/mol. The van der Waals surface area contributed by atoms with E-state index in [4.69, 9.17) is 0 Å². The van der Waals surface area contributed by atoms with Crippen LogP contribution in [-0.4, -0.2) is 34.5 Å². The number of carboxylic acid groups (broad SMARTS) is 1. The van der Waals surface area contributed by atoms with Gasteiger partial charge in [-0.3, -0.25) is 9.59 Å². The first-order valence-corrected chi connectivity index (χ1v) is 7.86. The number of hydrogen-bond acceptors (Lipinski definition) is 2. The van der Waals surface area contributed by atoms with Gasteiger partial charge in [-0.15, -0.1) is 0 Å². The van der Waals surface area contributed by atoms with E-state index in [9.17, 15) is 14.7 Å². The largest absolute Gasteiger partial charge is 0.481 e. The summed E-state index contributed by atoms with van der Waals surface area (Å²) < 4.78 is 0. The molecular weight excluding hydrogens is 254 g/mol. The normalized spacial score (nSPS) is 36.7. The van der Waals surface area contributed by atoms with Crippen LogP contribution in [0.5, 0.6) is 0 Å². The molecule has 1 saturated heterocycles. The Kier molecular flexibility index (Phi) is 3.81. The van der Waals surface area contributed by atoms with Gasteiger partial charge in [-0.05, 0) is 44.4 Å². The fourth-order valence-electron chi connectivity index (χ4n) is 4.30. The quantitative estimate of drug-likeness (QED) is 0.789. The highest BCUT2D eigenvalue weighted by Gasteiger charge is 2.42. The van der Waals surface area contributed by atoms with Gasteiger partial charge in [0.25, 0.3) is 0 Å². The van der Waals surface area contributed by atoms with Crippen molar-refractivity contribution < 1.29 is 14.7 Å². The number of rotatable bonds is 2. The third-order valence-corrected chi connectivity index (χ3v) is 5.34. The molecule has 0 aromatic heterocycles. The molecule has 1 N–H and O–H groups in total. The number of carbonyl (C=O) groups excluding carboxylic acids is 1. The minimum absolute atomic E-state index is 0.0957. The highest BCUT2D eigenvalue weighted by Crippen LogP contribution is 2.39. The van der Waals surface area contributed by atoms with Crippen molar-refractivity contribution in [1.29, 1.82) is 0 Å². The van der Waals surface area contributed by atoms with E-state index in [0.717, 1.165) is 19.4 Å². The number of likely N-dealkylation sites (tertiary alicyclic amines) is 1. The summed E-state index contributed by atoms with van der Waals surface area (Å²) in [6, 6.07) is 0.386. The lowest BCUT2D eigenvalue weighted by atomic mass is 9.80. The Bertz CT molecular complexity index is 431. The van der Waals surface area contributed by atoms with Crippen molar-refractivity contribution in [3.05, 3.63) is 12.2 Å². The first kappa shape index (κ1) is 13.7. The van der Waals surface area contributed by atoms with Crippen LogP contribution >= 0.6 is 0 Å². The summed E-state index contributed by atoms with van der Waals surface area (Å²) in [5, 5.41) is 9.34. The van der Waals surface area contributed by atoms with Crippen LogP contribution in [-0.2, 0) is 9.59 Å². The predicted octanol–water partition coefficient (Wildman–Crippen LogP) is 2.44. The van der Waals surface area contributed by atoms with E-state index in [1.807, 2.05) is 17.1 Å². The molecule has 1 saturated carbocycles. The molecule has 1 amide bonds. The zero-order valence-electron chi connectivity index (χ0n) is 11.8. The monoisotopic (exact) mass is 277 g/mol. The van der Waals surface area contributed by atoms with Gasteiger partial charge in [0, 0.05) is 12.6 Å². The zero-order chi connectivity index (χ0) is 14.1. The van der Waals surface area contributed by atoms with Crippen LogP contribution in [0.15, 0.2) is 12.2 Å². The maximum atomic E-state index is 12.8. The lowest BCUT2D eigenvalue weighted by Crippen LogP contribution is -2.50. The second-order valence-corrected chi connectivity index (χ2v) is 6.43. The van der Waals surface area contributed by atoms with Gasteiger partial charge >= 0.3 is 5.97 Å². The highest BCUT2D eigenvalue weighted by molar-refractivity contribution is 5.85. The number of carboxylic acids is 1. The van der Waals surface area contributed by atoms with Gasteiger partial charge < -0.3 is 10.0 Å². The number of amides is 1. The van der Waals surface area contributed by atoms with Crippen molar-refractivity contribution in [1.82, 2.24) is 4.90 Å². The molecule has 0 bridgehead atoms. The van der Waals surface area contributed by atoms with E-state index in [1.54, 1.807) is 0 Å². The minimum Gasteiger partial charge on any atom is -0.481 e. The first-order chi connectivity index (χ1) is 9.68. The van der Waals surface area contributed by atoms with Gasteiger partial charge in [0.2, 0.25) is 5.91 Å². The second-order valence-electron chi connectivity index (χ2n) is 6.43. The molecule has 0 aromatic carbocycles. The molecule has 1 heterocycles. The molecule has 2 unspecified atom stereocenters.